The van der Waals surface area contributed by atoms with E-state index in [0.717, 1.165) is 35.5 Å². The zero-order valence-electron chi connectivity index (χ0n) is 11.6. The molecule has 1 rings (SSSR count). The summed E-state index contributed by atoms with van der Waals surface area (Å²) in [5.41, 5.74) is 1.99. The van der Waals surface area contributed by atoms with E-state index in [1.165, 1.54) is 0 Å². The van der Waals surface area contributed by atoms with E-state index in [4.69, 9.17) is 0 Å². The van der Waals surface area contributed by atoms with Crippen LogP contribution in [0.1, 0.15) is 25.3 Å². The van der Waals surface area contributed by atoms with E-state index in [9.17, 15) is 4.79 Å². The molecule has 1 N–H and O–H groups in total. The molecule has 0 saturated heterocycles. The van der Waals surface area contributed by atoms with Crippen molar-refractivity contribution in [2.45, 2.75) is 31.6 Å². The van der Waals surface area contributed by atoms with Crippen LogP contribution in [0.15, 0.2) is 23.1 Å². The summed E-state index contributed by atoms with van der Waals surface area (Å²) < 4.78 is 0. The molecule has 4 heteroatoms. The average Bonchev–Trinajstić information content (AvgIpc) is 2.38. The monoisotopic (exact) mass is 266 g/mol. The Balaban J connectivity index is 2.68. The number of anilines is 1. The third-order valence-electron chi connectivity index (χ3n) is 2.88. The van der Waals surface area contributed by atoms with Gasteiger partial charge in [-0.05, 0) is 37.3 Å². The first kappa shape index (κ1) is 14.9. The average molecular weight is 266 g/mol. The Kier molecular flexibility index (Phi) is 6.05. The second-order valence-corrected chi connectivity index (χ2v) is 5.27. The molecule has 18 heavy (non-hydrogen) atoms. The molecule has 0 bridgehead atoms. The van der Waals surface area contributed by atoms with Crippen LogP contribution < -0.4 is 5.32 Å². The van der Waals surface area contributed by atoms with Gasteiger partial charge in [-0.3, -0.25) is 0 Å². The number of amides is 2. The Hall–Kier alpha value is -1.16. The van der Waals surface area contributed by atoms with Crippen molar-refractivity contribution in [3.8, 4) is 0 Å². The molecular weight excluding hydrogens is 244 g/mol. The van der Waals surface area contributed by atoms with E-state index in [1.54, 1.807) is 16.7 Å². The van der Waals surface area contributed by atoms with Crippen LogP contribution in [0.4, 0.5) is 10.5 Å². The molecule has 3 nitrogen and oxygen atoms in total. The number of carbonyl (C=O) groups is 1. The fourth-order valence-corrected chi connectivity index (χ4v) is 2.01. The minimum absolute atomic E-state index is 0.0372. The zero-order chi connectivity index (χ0) is 13.5. The van der Waals surface area contributed by atoms with Crippen LogP contribution in [0.3, 0.4) is 0 Å². The van der Waals surface area contributed by atoms with Crippen LogP contribution in [-0.2, 0) is 0 Å². The number of rotatable bonds is 5. The van der Waals surface area contributed by atoms with E-state index in [0.29, 0.717) is 0 Å². The summed E-state index contributed by atoms with van der Waals surface area (Å²) in [7, 11) is 1.83. The number of thioether (sulfide) groups is 1. The van der Waals surface area contributed by atoms with Gasteiger partial charge >= 0.3 is 6.03 Å². The van der Waals surface area contributed by atoms with Gasteiger partial charge in [-0.25, -0.2) is 4.79 Å². The van der Waals surface area contributed by atoms with Crippen molar-refractivity contribution in [1.82, 2.24) is 4.90 Å². The van der Waals surface area contributed by atoms with Gasteiger partial charge in [0.15, 0.2) is 0 Å². The highest BCUT2D eigenvalue weighted by Crippen LogP contribution is 2.23. The number of carbonyl (C=O) groups excluding carboxylic acids is 1. The first-order valence-electron chi connectivity index (χ1n) is 6.25. The standard InChI is InChI=1S/C14H22N2OS/c1-5-6-9-16(3)14(17)15-13-10-12(18-4)8-7-11(13)2/h7-8,10H,5-6,9H2,1-4H3,(H,15,17). The number of aryl methyl sites for hydroxylation is 1. The van der Waals surface area contributed by atoms with Gasteiger partial charge in [-0.15, -0.1) is 11.8 Å². The highest BCUT2D eigenvalue weighted by molar-refractivity contribution is 7.98. The normalized spacial score (nSPS) is 10.2. The van der Waals surface area contributed by atoms with Gasteiger partial charge in [-0.2, -0.15) is 0 Å². The molecule has 0 unspecified atom stereocenters. The lowest BCUT2D eigenvalue weighted by Crippen LogP contribution is -2.32. The number of nitrogens with zero attached hydrogens (tertiary/aromatic N) is 1. The van der Waals surface area contributed by atoms with Crippen molar-refractivity contribution in [2.75, 3.05) is 25.2 Å². The van der Waals surface area contributed by atoms with Gasteiger partial charge < -0.3 is 10.2 Å². The lowest BCUT2D eigenvalue weighted by molar-refractivity contribution is 0.222. The van der Waals surface area contributed by atoms with Gasteiger partial charge in [0.2, 0.25) is 0 Å². The highest BCUT2D eigenvalue weighted by Gasteiger charge is 2.09. The fourth-order valence-electron chi connectivity index (χ4n) is 1.57. The molecule has 0 saturated carbocycles. The summed E-state index contributed by atoms with van der Waals surface area (Å²) >= 11 is 1.68. The first-order chi connectivity index (χ1) is 8.58. The Morgan fingerprint density at radius 2 is 2.17 bits per heavy atom. The van der Waals surface area contributed by atoms with Crippen LogP contribution >= 0.6 is 11.8 Å². The molecule has 0 aliphatic carbocycles. The Morgan fingerprint density at radius 1 is 1.44 bits per heavy atom. The number of urea groups is 1. The molecule has 0 spiro atoms. The lowest BCUT2D eigenvalue weighted by atomic mass is 10.2. The summed E-state index contributed by atoms with van der Waals surface area (Å²) in [6.07, 6.45) is 4.16. The molecule has 0 atom stereocenters. The van der Waals surface area contributed by atoms with Gasteiger partial charge in [0, 0.05) is 24.2 Å². The van der Waals surface area contributed by atoms with Gasteiger partial charge in [0.1, 0.15) is 0 Å². The molecule has 1 aromatic rings. The van der Waals surface area contributed by atoms with E-state index >= 15 is 0 Å². The van der Waals surface area contributed by atoms with Crippen molar-refractivity contribution < 1.29 is 4.79 Å². The maximum absolute atomic E-state index is 12.0. The van der Waals surface area contributed by atoms with Crippen LogP contribution in [0, 0.1) is 6.92 Å². The molecule has 0 aromatic heterocycles. The van der Waals surface area contributed by atoms with Crippen molar-refractivity contribution in [1.29, 1.82) is 0 Å². The summed E-state index contributed by atoms with van der Waals surface area (Å²) in [4.78, 5) is 14.9. The Labute approximate surface area is 114 Å². The Morgan fingerprint density at radius 3 is 2.78 bits per heavy atom. The molecule has 2 amide bonds. The summed E-state index contributed by atoms with van der Waals surface area (Å²) in [5, 5.41) is 2.97. The summed E-state index contributed by atoms with van der Waals surface area (Å²) in [5.74, 6) is 0. The molecule has 100 valence electrons. The predicted octanol–water partition coefficient (Wildman–Crippen LogP) is 3.98. The van der Waals surface area contributed by atoms with E-state index < -0.39 is 0 Å². The molecule has 0 aliphatic rings. The number of hydrogen-bond acceptors (Lipinski definition) is 2. The second kappa shape index (κ2) is 7.31. The fraction of sp³-hybridized carbons (Fsp3) is 0.500. The minimum Gasteiger partial charge on any atom is -0.328 e. The maximum Gasteiger partial charge on any atom is 0.321 e. The Bertz CT molecular complexity index is 407. The van der Waals surface area contributed by atoms with Crippen molar-refractivity contribution >= 4 is 23.5 Å². The molecular formula is C14H22N2OS. The highest BCUT2D eigenvalue weighted by atomic mass is 32.2. The van der Waals surface area contributed by atoms with E-state index in [2.05, 4.69) is 18.3 Å². The number of nitrogens with one attached hydrogen (secondary N) is 1. The quantitative estimate of drug-likeness (QED) is 0.818. The third-order valence-corrected chi connectivity index (χ3v) is 3.61. The van der Waals surface area contributed by atoms with E-state index in [-0.39, 0.29) is 6.03 Å². The minimum atomic E-state index is -0.0372. The van der Waals surface area contributed by atoms with Crippen LogP contribution in [-0.4, -0.2) is 30.8 Å². The van der Waals surface area contributed by atoms with Gasteiger partial charge in [0.25, 0.3) is 0 Å². The molecule has 0 fully saturated rings. The molecule has 1 aromatic carbocycles. The summed E-state index contributed by atoms with van der Waals surface area (Å²) in [6, 6.07) is 6.08. The smallest absolute Gasteiger partial charge is 0.321 e. The number of unbranched alkanes of at least 4 members (excludes halogenated alkanes) is 1. The molecule has 0 radical (unpaired) electrons. The van der Waals surface area contributed by atoms with Gasteiger partial charge in [0.05, 0.1) is 0 Å². The molecule has 0 aliphatic heterocycles. The summed E-state index contributed by atoms with van der Waals surface area (Å²) in [6.45, 7) is 4.92. The van der Waals surface area contributed by atoms with Crippen molar-refractivity contribution in [2.24, 2.45) is 0 Å². The second-order valence-electron chi connectivity index (χ2n) is 4.39. The lowest BCUT2D eigenvalue weighted by Gasteiger charge is -2.18. The topological polar surface area (TPSA) is 32.3 Å². The number of hydrogen-bond donors (Lipinski definition) is 1. The first-order valence-corrected chi connectivity index (χ1v) is 7.47. The van der Waals surface area contributed by atoms with Crippen LogP contribution in [0.5, 0.6) is 0 Å². The van der Waals surface area contributed by atoms with E-state index in [1.807, 2.05) is 32.4 Å². The van der Waals surface area contributed by atoms with Crippen LogP contribution in [0.2, 0.25) is 0 Å². The SMILES string of the molecule is CCCCN(C)C(=O)Nc1cc(SC)ccc1C. The predicted molar refractivity (Wildman–Crippen MR) is 79.5 cm³/mol. The van der Waals surface area contributed by atoms with Crippen molar-refractivity contribution in [3.05, 3.63) is 23.8 Å². The zero-order valence-corrected chi connectivity index (χ0v) is 12.4. The van der Waals surface area contributed by atoms with Gasteiger partial charge in [-0.1, -0.05) is 19.4 Å². The largest absolute Gasteiger partial charge is 0.328 e. The third kappa shape index (κ3) is 4.26. The number of benzene rings is 1. The molecule has 0 heterocycles. The van der Waals surface area contributed by atoms with Crippen LogP contribution in [0.25, 0.3) is 0 Å². The maximum atomic E-state index is 12.0. The van der Waals surface area contributed by atoms with Crippen molar-refractivity contribution in [3.63, 3.8) is 0 Å².